The van der Waals surface area contributed by atoms with Gasteiger partial charge in [0.1, 0.15) is 5.52 Å². The Morgan fingerprint density at radius 3 is 2.74 bits per heavy atom. The maximum atomic E-state index is 5.90. The molecule has 0 amide bonds. The highest BCUT2D eigenvalue weighted by molar-refractivity contribution is 5.69. The number of aromatic nitrogens is 3. The zero-order valence-electron chi connectivity index (χ0n) is 10.4. The molecule has 0 radical (unpaired) electrons. The van der Waals surface area contributed by atoms with Crippen molar-refractivity contribution in [3.8, 4) is 11.6 Å². The Labute approximate surface area is 110 Å². The van der Waals surface area contributed by atoms with E-state index in [0.29, 0.717) is 23.0 Å². The number of benzene rings is 1. The topological polar surface area (TPSA) is 73.9 Å². The van der Waals surface area contributed by atoms with Crippen LogP contribution >= 0.6 is 0 Å². The second-order valence-corrected chi connectivity index (χ2v) is 4.19. The molecule has 0 aliphatic rings. The fourth-order valence-corrected chi connectivity index (χ4v) is 1.77. The summed E-state index contributed by atoms with van der Waals surface area (Å²) in [6, 6.07) is 9.18. The average molecular weight is 252 g/mol. The minimum absolute atomic E-state index is 0.448. The maximum absolute atomic E-state index is 5.90. The molecule has 2 N–H and O–H groups in total. The Kier molecular flexibility index (Phi) is 2.72. The van der Waals surface area contributed by atoms with E-state index in [4.69, 9.17) is 10.5 Å². The van der Waals surface area contributed by atoms with Gasteiger partial charge in [0.15, 0.2) is 11.4 Å². The smallest absolute Gasteiger partial charge is 0.221 e. The zero-order chi connectivity index (χ0) is 13.2. The van der Waals surface area contributed by atoms with Gasteiger partial charge < -0.3 is 10.5 Å². The Bertz CT molecular complexity index is 742. The molecule has 5 heteroatoms. The summed E-state index contributed by atoms with van der Waals surface area (Å²) in [4.78, 5) is 12.6. The summed E-state index contributed by atoms with van der Waals surface area (Å²) in [6.07, 6.45) is 3.22. The SMILES string of the molecule is Cc1ccc(Oc2ccc3nccnc3n2)c(N)c1. The molecule has 0 bridgehead atoms. The lowest BCUT2D eigenvalue weighted by Crippen LogP contribution is -1.95. The quantitative estimate of drug-likeness (QED) is 0.710. The molecule has 0 aliphatic carbocycles. The summed E-state index contributed by atoms with van der Waals surface area (Å²) in [6.45, 7) is 1.98. The van der Waals surface area contributed by atoms with Gasteiger partial charge in [0.2, 0.25) is 5.88 Å². The number of ether oxygens (including phenoxy) is 1. The fraction of sp³-hybridized carbons (Fsp3) is 0.0714. The molecule has 2 aromatic heterocycles. The van der Waals surface area contributed by atoms with Crippen molar-refractivity contribution in [3.05, 3.63) is 48.3 Å². The zero-order valence-corrected chi connectivity index (χ0v) is 10.4. The number of anilines is 1. The Morgan fingerprint density at radius 1 is 1.05 bits per heavy atom. The number of rotatable bonds is 2. The molecule has 94 valence electrons. The minimum atomic E-state index is 0.448. The second kappa shape index (κ2) is 4.53. The molecular weight excluding hydrogens is 240 g/mol. The molecule has 19 heavy (non-hydrogen) atoms. The molecule has 0 atom stereocenters. The second-order valence-electron chi connectivity index (χ2n) is 4.19. The monoisotopic (exact) mass is 252 g/mol. The van der Waals surface area contributed by atoms with Crippen LogP contribution in [-0.2, 0) is 0 Å². The summed E-state index contributed by atoms with van der Waals surface area (Å²) < 4.78 is 5.67. The number of fused-ring (bicyclic) bond motifs is 1. The van der Waals surface area contributed by atoms with Crippen LogP contribution in [-0.4, -0.2) is 15.0 Å². The predicted octanol–water partition coefficient (Wildman–Crippen LogP) is 2.71. The van der Waals surface area contributed by atoms with Crippen LogP contribution in [0.4, 0.5) is 5.69 Å². The van der Waals surface area contributed by atoms with Crippen LogP contribution in [0, 0.1) is 6.92 Å². The lowest BCUT2D eigenvalue weighted by atomic mass is 10.2. The van der Waals surface area contributed by atoms with Crippen molar-refractivity contribution in [2.24, 2.45) is 0 Å². The largest absolute Gasteiger partial charge is 0.437 e. The van der Waals surface area contributed by atoms with E-state index in [2.05, 4.69) is 15.0 Å². The van der Waals surface area contributed by atoms with Gasteiger partial charge in [-0.05, 0) is 30.7 Å². The molecule has 1 aromatic carbocycles. The number of nitrogens with two attached hydrogens (primary N) is 1. The standard InChI is InChI=1S/C14H12N4O/c1-9-2-4-12(10(15)8-9)19-13-5-3-11-14(18-13)17-7-6-16-11/h2-8H,15H2,1H3. The van der Waals surface area contributed by atoms with Gasteiger partial charge in [0, 0.05) is 18.5 Å². The summed E-state index contributed by atoms with van der Waals surface area (Å²) in [7, 11) is 0. The van der Waals surface area contributed by atoms with Crippen LogP contribution in [0.2, 0.25) is 0 Å². The van der Waals surface area contributed by atoms with Crippen molar-refractivity contribution in [1.29, 1.82) is 0 Å². The first kappa shape index (κ1) is 11.4. The van der Waals surface area contributed by atoms with Gasteiger partial charge in [-0.15, -0.1) is 0 Å². The molecule has 5 nitrogen and oxygen atoms in total. The van der Waals surface area contributed by atoms with Crippen molar-refractivity contribution in [1.82, 2.24) is 15.0 Å². The lowest BCUT2D eigenvalue weighted by molar-refractivity contribution is 0.467. The van der Waals surface area contributed by atoms with E-state index in [1.807, 2.05) is 31.2 Å². The third-order valence-corrected chi connectivity index (χ3v) is 2.69. The highest BCUT2D eigenvalue weighted by Gasteiger charge is 2.05. The Hall–Kier alpha value is -2.69. The van der Waals surface area contributed by atoms with Crippen molar-refractivity contribution < 1.29 is 4.74 Å². The summed E-state index contributed by atoms with van der Waals surface area (Å²) in [5.74, 6) is 1.03. The fourth-order valence-electron chi connectivity index (χ4n) is 1.77. The Balaban J connectivity index is 1.96. The molecule has 0 aliphatic heterocycles. The predicted molar refractivity (Wildman–Crippen MR) is 73.0 cm³/mol. The molecular formula is C14H12N4O. The van der Waals surface area contributed by atoms with E-state index < -0.39 is 0 Å². The summed E-state index contributed by atoms with van der Waals surface area (Å²) in [5, 5.41) is 0. The highest BCUT2D eigenvalue weighted by Crippen LogP contribution is 2.27. The number of hydrogen-bond donors (Lipinski definition) is 1. The van der Waals surface area contributed by atoms with E-state index in [9.17, 15) is 0 Å². The molecule has 3 rings (SSSR count). The van der Waals surface area contributed by atoms with E-state index in [1.54, 1.807) is 18.5 Å². The third kappa shape index (κ3) is 2.30. The average Bonchev–Trinajstić information content (AvgIpc) is 2.42. The molecule has 0 saturated carbocycles. The number of nitrogens with zero attached hydrogens (tertiary/aromatic N) is 3. The first-order chi connectivity index (χ1) is 9.22. The molecule has 3 aromatic rings. The van der Waals surface area contributed by atoms with Crippen LogP contribution in [0.5, 0.6) is 11.6 Å². The van der Waals surface area contributed by atoms with Crippen molar-refractivity contribution in [2.45, 2.75) is 6.92 Å². The summed E-state index contributed by atoms with van der Waals surface area (Å²) in [5.41, 5.74) is 8.85. The van der Waals surface area contributed by atoms with Crippen molar-refractivity contribution in [3.63, 3.8) is 0 Å². The first-order valence-corrected chi connectivity index (χ1v) is 5.84. The van der Waals surface area contributed by atoms with Gasteiger partial charge in [-0.3, -0.25) is 4.98 Å². The van der Waals surface area contributed by atoms with Gasteiger partial charge in [-0.1, -0.05) is 6.07 Å². The van der Waals surface area contributed by atoms with Gasteiger partial charge in [0.25, 0.3) is 0 Å². The molecule has 0 unspecified atom stereocenters. The van der Waals surface area contributed by atoms with E-state index in [0.717, 1.165) is 11.1 Å². The molecule has 2 heterocycles. The van der Waals surface area contributed by atoms with Gasteiger partial charge in [-0.25, -0.2) is 4.98 Å². The number of nitrogen functional groups attached to an aromatic ring is 1. The van der Waals surface area contributed by atoms with Crippen LogP contribution in [0.25, 0.3) is 11.2 Å². The molecule has 0 spiro atoms. The normalized spacial score (nSPS) is 10.6. The lowest BCUT2D eigenvalue weighted by Gasteiger charge is -2.08. The number of aryl methyl sites for hydroxylation is 1. The van der Waals surface area contributed by atoms with Gasteiger partial charge in [-0.2, -0.15) is 4.98 Å². The van der Waals surface area contributed by atoms with Crippen LogP contribution < -0.4 is 10.5 Å². The van der Waals surface area contributed by atoms with Crippen LogP contribution in [0.15, 0.2) is 42.7 Å². The molecule has 0 fully saturated rings. The van der Waals surface area contributed by atoms with Crippen LogP contribution in [0.3, 0.4) is 0 Å². The third-order valence-electron chi connectivity index (χ3n) is 2.69. The van der Waals surface area contributed by atoms with Crippen molar-refractivity contribution in [2.75, 3.05) is 5.73 Å². The number of pyridine rings is 1. The van der Waals surface area contributed by atoms with Crippen LogP contribution in [0.1, 0.15) is 5.56 Å². The van der Waals surface area contributed by atoms with E-state index >= 15 is 0 Å². The number of hydrogen-bond acceptors (Lipinski definition) is 5. The van der Waals surface area contributed by atoms with E-state index in [-0.39, 0.29) is 0 Å². The Morgan fingerprint density at radius 2 is 1.89 bits per heavy atom. The van der Waals surface area contributed by atoms with E-state index in [1.165, 1.54) is 0 Å². The summed E-state index contributed by atoms with van der Waals surface area (Å²) >= 11 is 0. The van der Waals surface area contributed by atoms with Crippen molar-refractivity contribution >= 4 is 16.9 Å². The molecule has 0 saturated heterocycles. The highest BCUT2D eigenvalue weighted by atomic mass is 16.5. The maximum Gasteiger partial charge on any atom is 0.221 e. The minimum Gasteiger partial charge on any atom is -0.437 e. The van der Waals surface area contributed by atoms with Gasteiger partial charge in [0.05, 0.1) is 5.69 Å². The van der Waals surface area contributed by atoms with Gasteiger partial charge >= 0.3 is 0 Å². The first-order valence-electron chi connectivity index (χ1n) is 5.84.